The summed E-state index contributed by atoms with van der Waals surface area (Å²) in [5.41, 5.74) is 2.77. The molecule has 0 aliphatic carbocycles. The number of aliphatic hydroxyl groups is 1. The summed E-state index contributed by atoms with van der Waals surface area (Å²) in [5.74, 6) is 0.887. The van der Waals surface area contributed by atoms with Crippen molar-refractivity contribution < 1.29 is 19.8 Å². The lowest BCUT2D eigenvalue weighted by Gasteiger charge is -2.20. The molecule has 0 saturated heterocycles. The number of nitrogens with one attached hydrogen (secondary N) is 1. The first-order valence-corrected chi connectivity index (χ1v) is 8.20. The van der Waals surface area contributed by atoms with Gasteiger partial charge in [-0.2, -0.15) is 0 Å². The summed E-state index contributed by atoms with van der Waals surface area (Å²) in [6, 6.07) is 8.14. The molecular weight excluding hydrogens is 318 g/mol. The average molecular weight is 344 g/mol. The van der Waals surface area contributed by atoms with E-state index in [9.17, 15) is 10.2 Å². The zero-order chi connectivity index (χ0) is 18.4. The number of quaternary nitrogens is 1. The Bertz CT molecular complexity index is 727. The van der Waals surface area contributed by atoms with Crippen molar-refractivity contribution >= 4 is 6.21 Å². The Kier molecular flexibility index (Phi) is 6.50. The van der Waals surface area contributed by atoms with Gasteiger partial charge in [-0.15, -0.1) is 0 Å². The van der Waals surface area contributed by atoms with Gasteiger partial charge in [0.05, 0.1) is 40.1 Å². The fraction of sp³-hybridized carbons (Fsp3) is 0.368. The van der Waals surface area contributed by atoms with Crippen LogP contribution in [0, 0.1) is 6.92 Å². The number of aromatic hydroxyl groups is 1. The van der Waals surface area contributed by atoms with Gasteiger partial charge in [-0.3, -0.25) is 9.98 Å². The van der Waals surface area contributed by atoms with Crippen LogP contribution in [0.3, 0.4) is 0 Å². The number of methoxy groups -OCH3 is 1. The van der Waals surface area contributed by atoms with Crippen LogP contribution in [0.4, 0.5) is 0 Å². The van der Waals surface area contributed by atoms with Crippen molar-refractivity contribution in [3.8, 4) is 11.5 Å². The number of aryl methyl sites for hydroxylation is 1. The molecule has 1 aromatic heterocycles. The summed E-state index contributed by atoms with van der Waals surface area (Å²) in [5, 5.41) is 19.6. The van der Waals surface area contributed by atoms with E-state index >= 15 is 0 Å². The van der Waals surface area contributed by atoms with E-state index in [-0.39, 0.29) is 18.4 Å². The maximum absolute atomic E-state index is 10.2. The number of aliphatic hydroxyl groups excluding tert-OH is 1. The molecule has 6 nitrogen and oxygen atoms in total. The molecule has 2 aromatic rings. The van der Waals surface area contributed by atoms with Crippen LogP contribution in [-0.4, -0.2) is 49.2 Å². The number of pyridine rings is 1. The number of benzene rings is 1. The Hall–Kier alpha value is -2.44. The molecule has 0 unspecified atom stereocenters. The number of nitrogens with zero attached hydrogens (tertiary/aromatic N) is 2. The summed E-state index contributed by atoms with van der Waals surface area (Å²) >= 11 is 0. The quantitative estimate of drug-likeness (QED) is 0.652. The highest BCUT2D eigenvalue weighted by atomic mass is 16.5. The molecule has 1 heterocycles. The second kappa shape index (κ2) is 8.60. The smallest absolute Gasteiger partial charge is 0.145 e. The minimum absolute atomic E-state index is 0.0634. The maximum atomic E-state index is 10.2. The zero-order valence-corrected chi connectivity index (χ0v) is 15.2. The highest BCUT2D eigenvalue weighted by Crippen LogP contribution is 2.22. The Balaban J connectivity index is 2.21. The van der Waals surface area contributed by atoms with E-state index in [2.05, 4.69) is 24.1 Å². The van der Waals surface area contributed by atoms with Crippen molar-refractivity contribution in [1.29, 1.82) is 0 Å². The summed E-state index contributed by atoms with van der Waals surface area (Å²) in [6.45, 7) is 2.08. The van der Waals surface area contributed by atoms with Crippen LogP contribution in [0.15, 0.2) is 35.5 Å². The first-order chi connectivity index (χ1) is 12.0. The number of likely N-dealkylation sites (N-methyl/N-ethyl adjacent to an activating group) is 1. The Morgan fingerprint density at radius 3 is 2.52 bits per heavy atom. The van der Waals surface area contributed by atoms with Gasteiger partial charge in [0.1, 0.15) is 17.5 Å². The molecular formula is C19H26N3O3+. The normalized spacial score (nSPS) is 12.7. The number of hydrogen-bond donors (Lipinski definition) is 3. The van der Waals surface area contributed by atoms with E-state index in [1.165, 1.54) is 4.90 Å². The SMILES string of the molecule is COc1ccc([C@@H](CN=Cc2c(CO)cnc(C)c2O)[NH+](C)C)cc1. The first-order valence-electron chi connectivity index (χ1n) is 8.20. The van der Waals surface area contributed by atoms with Gasteiger partial charge in [-0.25, -0.2) is 0 Å². The molecule has 3 N–H and O–H groups in total. The lowest BCUT2D eigenvalue weighted by atomic mass is 10.1. The Morgan fingerprint density at radius 2 is 1.96 bits per heavy atom. The van der Waals surface area contributed by atoms with Crippen molar-refractivity contribution in [3.63, 3.8) is 0 Å². The third-order valence-electron chi connectivity index (χ3n) is 4.25. The van der Waals surface area contributed by atoms with E-state index in [0.29, 0.717) is 23.4 Å². The molecule has 0 radical (unpaired) electrons. The molecule has 6 heteroatoms. The van der Waals surface area contributed by atoms with Gasteiger partial charge < -0.3 is 19.8 Å². The maximum Gasteiger partial charge on any atom is 0.145 e. The van der Waals surface area contributed by atoms with Crippen LogP contribution < -0.4 is 9.64 Å². The Morgan fingerprint density at radius 1 is 1.28 bits per heavy atom. The summed E-state index contributed by atoms with van der Waals surface area (Å²) in [4.78, 5) is 9.82. The van der Waals surface area contributed by atoms with Crippen LogP contribution in [-0.2, 0) is 6.61 Å². The minimum Gasteiger partial charge on any atom is -0.505 e. The molecule has 0 spiro atoms. The largest absolute Gasteiger partial charge is 0.505 e. The van der Waals surface area contributed by atoms with Gasteiger partial charge in [0.25, 0.3) is 0 Å². The number of hydrogen-bond acceptors (Lipinski definition) is 5. The van der Waals surface area contributed by atoms with Crippen molar-refractivity contribution in [2.75, 3.05) is 27.7 Å². The van der Waals surface area contributed by atoms with Gasteiger partial charge in [0.15, 0.2) is 0 Å². The molecule has 2 rings (SSSR count). The molecule has 1 atom stereocenters. The fourth-order valence-corrected chi connectivity index (χ4v) is 2.63. The Labute approximate surface area is 148 Å². The third-order valence-corrected chi connectivity index (χ3v) is 4.25. The van der Waals surface area contributed by atoms with Gasteiger partial charge in [0, 0.05) is 29.1 Å². The molecule has 0 fully saturated rings. The fourth-order valence-electron chi connectivity index (χ4n) is 2.63. The van der Waals surface area contributed by atoms with Crippen LogP contribution >= 0.6 is 0 Å². The average Bonchev–Trinajstić information content (AvgIpc) is 2.62. The molecule has 134 valence electrons. The zero-order valence-electron chi connectivity index (χ0n) is 15.2. The van der Waals surface area contributed by atoms with E-state index in [4.69, 9.17) is 4.74 Å². The lowest BCUT2D eigenvalue weighted by Crippen LogP contribution is -3.06. The number of rotatable bonds is 7. The van der Waals surface area contributed by atoms with Crippen LogP contribution in [0.2, 0.25) is 0 Å². The van der Waals surface area contributed by atoms with Gasteiger partial charge in [0.2, 0.25) is 0 Å². The van der Waals surface area contributed by atoms with Crippen molar-refractivity contribution in [3.05, 3.63) is 52.8 Å². The number of ether oxygens (including phenoxy) is 1. The van der Waals surface area contributed by atoms with E-state index in [1.807, 2.05) is 24.3 Å². The van der Waals surface area contributed by atoms with Crippen LogP contribution in [0.5, 0.6) is 11.5 Å². The van der Waals surface area contributed by atoms with E-state index in [0.717, 1.165) is 11.3 Å². The second-order valence-corrected chi connectivity index (χ2v) is 6.19. The third kappa shape index (κ3) is 4.55. The van der Waals surface area contributed by atoms with Gasteiger partial charge in [-0.05, 0) is 31.2 Å². The highest BCUT2D eigenvalue weighted by molar-refractivity contribution is 5.85. The number of aromatic nitrogens is 1. The topological polar surface area (TPSA) is 79.4 Å². The number of aliphatic imine (C=N–C) groups is 1. The van der Waals surface area contributed by atoms with E-state index < -0.39 is 0 Å². The molecule has 0 aliphatic rings. The lowest BCUT2D eigenvalue weighted by molar-refractivity contribution is -0.890. The predicted molar refractivity (Wildman–Crippen MR) is 97.6 cm³/mol. The van der Waals surface area contributed by atoms with Crippen molar-refractivity contribution in [1.82, 2.24) is 4.98 Å². The van der Waals surface area contributed by atoms with Gasteiger partial charge >= 0.3 is 0 Å². The van der Waals surface area contributed by atoms with Crippen LogP contribution in [0.25, 0.3) is 0 Å². The molecule has 0 saturated carbocycles. The van der Waals surface area contributed by atoms with Crippen LogP contribution in [0.1, 0.15) is 28.4 Å². The highest BCUT2D eigenvalue weighted by Gasteiger charge is 2.17. The molecule has 0 bridgehead atoms. The first kappa shape index (κ1) is 18.9. The van der Waals surface area contributed by atoms with Crippen molar-refractivity contribution in [2.24, 2.45) is 4.99 Å². The molecule has 25 heavy (non-hydrogen) atoms. The monoisotopic (exact) mass is 344 g/mol. The standard InChI is InChI=1S/C19H25N3O3/c1-13-19(24)17(15(12-23)9-21-13)10-20-11-18(22(2)3)14-5-7-16(25-4)8-6-14/h5-10,18,23-24H,11-12H2,1-4H3/p+1/t18-/m1/s1. The molecule has 1 aromatic carbocycles. The summed E-state index contributed by atoms with van der Waals surface area (Å²) in [6.07, 6.45) is 3.18. The van der Waals surface area contributed by atoms with Gasteiger partial charge in [-0.1, -0.05) is 0 Å². The summed E-state index contributed by atoms with van der Waals surface area (Å²) < 4.78 is 5.20. The molecule has 0 aliphatic heterocycles. The van der Waals surface area contributed by atoms with E-state index in [1.54, 1.807) is 26.4 Å². The summed E-state index contributed by atoms with van der Waals surface area (Å²) in [7, 11) is 5.81. The predicted octanol–water partition coefficient (Wildman–Crippen LogP) is 0.901. The second-order valence-electron chi connectivity index (χ2n) is 6.19. The van der Waals surface area contributed by atoms with Crippen molar-refractivity contribution in [2.45, 2.75) is 19.6 Å². The molecule has 0 amide bonds. The minimum atomic E-state index is -0.191.